The van der Waals surface area contributed by atoms with Crippen molar-refractivity contribution in [3.05, 3.63) is 91.4 Å². The van der Waals surface area contributed by atoms with E-state index in [1.807, 2.05) is 48.5 Å². The average Bonchev–Trinajstić information content (AvgIpc) is 3.48. The SMILES string of the molecule is C=c1[nH]c2nc(=O)c(Cc3ccccc3-c3ccccc3-c3nn[nH]n3)c(CCCC)n2c1=O. The summed E-state index contributed by atoms with van der Waals surface area (Å²) in [5.41, 5.74) is 4.24. The fourth-order valence-electron chi connectivity index (χ4n) is 4.33. The standard InChI is InChI=1S/C25H23N7O2/c1-3-4-13-21-20(23(33)27-25-26-15(2)24(34)32(21)25)14-16-9-5-6-10-17(16)18-11-7-8-12-19(18)22-28-30-31-29-22/h5-12H,2-4,13-14H2,1H3,(H,26,27,33)(H,28,29,30,31). The van der Waals surface area contributed by atoms with Crippen molar-refractivity contribution in [3.8, 4) is 22.5 Å². The molecule has 9 nitrogen and oxygen atoms in total. The zero-order valence-electron chi connectivity index (χ0n) is 18.7. The van der Waals surface area contributed by atoms with Crippen LogP contribution in [0.2, 0.25) is 0 Å². The van der Waals surface area contributed by atoms with Crippen molar-refractivity contribution in [1.29, 1.82) is 0 Å². The first kappa shape index (κ1) is 21.4. The molecule has 9 heteroatoms. The number of nitrogens with one attached hydrogen (secondary N) is 2. The fraction of sp³-hybridized carbons (Fsp3) is 0.200. The molecule has 0 radical (unpaired) electrons. The van der Waals surface area contributed by atoms with E-state index < -0.39 is 0 Å². The lowest BCUT2D eigenvalue weighted by atomic mass is 9.91. The minimum absolute atomic E-state index is 0.219. The average molecular weight is 454 g/mol. The highest BCUT2D eigenvalue weighted by Crippen LogP contribution is 2.33. The van der Waals surface area contributed by atoms with Crippen molar-refractivity contribution in [1.82, 2.24) is 35.0 Å². The Kier molecular flexibility index (Phi) is 5.59. The Morgan fingerprint density at radius 3 is 2.47 bits per heavy atom. The van der Waals surface area contributed by atoms with E-state index in [0.29, 0.717) is 29.9 Å². The summed E-state index contributed by atoms with van der Waals surface area (Å²) in [6.45, 7) is 5.84. The van der Waals surface area contributed by atoms with Crippen molar-refractivity contribution in [3.63, 3.8) is 0 Å². The van der Waals surface area contributed by atoms with Crippen LogP contribution in [0.15, 0.2) is 58.1 Å². The Morgan fingerprint density at radius 2 is 1.74 bits per heavy atom. The molecule has 0 saturated heterocycles. The molecule has 0 spiro atoms. The van der Waals surface area contributed by atoms with Gasteiger partial charge in [-0.1, -0.05) is 68.5 Å². The summed E-state index contributed by atoms with van der Waals surface area (Å²) in [5.74, 6) is 0.731. The quantitative estimate of drug-likeness (QED) is 0.390. The van der Waals surface area contributed by atoms with Gasteiger partial charge in [-0.2, -0.15) is 10.2 Å². The number of nitrogens with zero attached hydrogens (tertiary/aromatic N) is 5. The summed E-state index contributed by atoms with van der Waals surface area (Å²) < 4.78 is 1.50. The monoisotopic (exact) mass is 453 g/mol. The lowest BCUT2D eigenvalue weighted by molar-refractivity contribution is 0.744. The van der Waals surface area contributed by atoms with Crippen LogP contribution in [0, 0.1) is 0 Å². The van der Waals surface area contributed by atoms with Crippen molar-refractivity contribution in [2.45, 2.75) is 32.6 Å². The summed E-state index contributed by atoms with van der Waals surface area (Å²) in [5, 5.41) is 14.7. The smallest absolute Gasteiger partial charge is 0.280 e. The molecule has 0 unspecified atom stereocenters. The predicted molar refractivity (Wildman–Crippen MR) is 129 cm³/mol. The van der Waals surface area contributed by atoms with Gasteiger partial charge in [-0.25, -0.2) is 4.40 Å². The molecule has 3 heterocycles. The molecule has 5 aromatic rings. The number of aromatic nitrogens is 7. The molecule has 170 valence electrons. The van der Waals surface area contributed by atoms with Gasteiger partial charge in [-0.05, 0) is 34.7 Å². The second-order valence-corrected chi connectivity index (χ2v) is 8.13. The number of aromatic amines is 2. The number of fused-ring (bicyclic) bond motifs is 1. The highest BCUT2D eigenvalue weighted by Gasteiger charge is 2.19. The van der Waals surface area contributed by atoms with Crippen LogP contribution in [0.25, 0.3) is 34.9 Å². The van der Waals surface area contributed by atoms with Crippen LogP contribution in [-0.4, -0.2) is 35.0 Å². The Labute approximate surface area is 194 Å². The van der Waals surface area contributed by atoms with Crippen LogP contribution in [0.5, 0.6) is 0 Å². The van der Waals surface area contributed by atoms with E-state index in [0.717, 1.165) is 35.1 Å². The second kappa shape index (κ2) is 8.86. The van der Waals surface area contributed by atoms with Gasteiger partial charge in [0.25, 0.3) is 11.1 Å². The molecular weight excluding hydrogens is 430 g/mol. The van der Waals surface area contributed by atoms with Crippen LogP contribution >= 0.6 is 0 Å². The first-order valence-corrected chi connectivity index (χ1v) is 11.1. The number of H-pyrrole nitrogens is 2. The van der Waals surface area contributed by atoms with Crippen molar-refractivity contribution in [2.24, 2.45) is 0 Å². The van der Waals surface area contributed by atoms with Gasteiger partial charge in [0.2, 0.25) is 11.6 Å². The third-order valence-electron chi connectivity index (χ3n) is 5.97. The van der Waals surface area contributed by atoms with Crippen LogP contribution in [0.1, 0.15) is 36.6 Å². The summed E-state index contributed by atoms with van der Waals surface area (Å²) in [4.78, 5) is 32.9. The number of hydrogen-bond acceptors (Lipinski definition) is 6. The third kappa shape index (κ3) is 3.71. The normalized spacial score (nSPS) is 11.3. The maximum absolute atomic E-state index is 13.1. The zero-order chi connectivity index (χ0) is 23.7. The number of hydrogen-bond donors (Lipinski definition) is 2. The van der Waals surface area contributed by atoms with Gasteiger partial charge in [-0.15, -0.1) is 10.2 Å². The summed E-state index contributed by atoms with van der Waals surface area (Å²) in [6.07, 6.45) is 2.71. The highest BCUT2D eigenvalue weighted by atomic mass is 16.1. The van der Waals surface area contributed by atoms with E-state index in [9.17, 15) is 9.59 Å². The summed E-state index contributed by atoms with van der Waals surface area (Å²) in [7, 11) is 0. The molecule has 0 aliphatic heterocycles. The molecule has 3 aromatic heterocycles. The molecule has 0 bridgehead atoms. The number of benzene rings is 2. The van der Waals surface area contributed by atoms with E-state index >= 15 is 0 Å². The molecule has 0 amide bonds. The molecule has 2 N–H and O–H groups in total. The third-order valence-corrected chi connectivity index (χ3v) is 5.97. The van der Waals surface area contributed by atoms with Crippen molar-refractivity contribution >= 4 is 12.4 Å². The van der Waals surface area contributed by atoms with E-state index in [4.69, 9.17) is 0 Å². The van der Waals surface area contributed by atoms with Crippen LogP contribution in [-0.2, 0) is 12.8 Å². The second-order valence-electron chi connectivity index (χ2n) is 8.13. The number of imidazole rings is 1. The van der Waals surface area contributed by atoms with Crippen LogP contribution in [0.3, 0.4) is 0 Å². The Hall–Kier alpha value is -4.40. The van der Waals surface area contributed by atoms with Gasteiger partial charge in [0, 0.05) is 23.2 Å². The van der Waals surface area contributed by atoms with Gasteiger partial charge in [-0.3, -0.25) is 9.59 Å². The van der Waals surface area contributed by atoms with E-state index in [2.05, 4.69) is 44.1 Å². The molecule has 0 atom stereocenters. The zero-order valence-corrected chi connectivity index (χ0v) is 18.7. The lowest BCUT2D eigenvalue weighted by Gasteiger charge is -2.15. The number of aryl methyl sites for hydroxylation is 1. The van der Waals surface area contributed by atoms with Crippen molar-refractivity contribution in [2.75, 3.05) is 0 Å². The van der Waals surface area contributed by atoms with E-state index in [1.165, 1.54) is 4.40 Å². The summed E-state index contributed by atoms with van der Waals surface area (Å²) >= 11 is 0. The number of unbranched alkanes of at least 4 members (excludes halogenated alkanes) is 1. The Balaban J connectivity index is 1.69. The van der Waals surface area contributed by atoms with E-state index in [-0.39, 0.29) is 22.2 Å². The number of rotatable bonds is 7. The minimum atomic E-state index is -0.339. The van der Waals surface area contributed by atoms with E-state index in [1.54, 1.807) is 0 Å². The molecule has 34 heavy (non-hydrogen) atoms. The maximum Gasteiger partial charge on any atom is 0.280 e. The summed E-state index contributed by atoms with van der Waals surface area (Å²) in [6, 6.07) is 15.7. The first-order chi connectivity index (χ1) is 16.6. The van der Waals surface area contributed by atoms with Gasteiger partial charge in [0.15, 0.2) is 0 Å². The molecule has 0 fully saturated rings. The van der Waals surface area contributed by atoms with Crippen LogP contribution in [0.4, 0.5) is 0 Å². The van der Waals surface area contributed by atoms with Crippen molar-refractivity contribution < 1.29 is 0 Å². The van der Waals surface area contributed by atoms with Gasteiger partial charge in [0.1, 0.15) is 5.35 Å². The lowest BCUT2D eigenvalue weighted by Crippen LogP contribution is -2.28. The Bertz CT molecular complexity index is 1630. The first-order valence-electron chi connectivity index (χ1n) is 11.1. The number of tetrazole rings is 1. The topological polar surface area (TPSA) is 122 Å². The Morgan fingerprint density at radius 1 is 1.00 bits per heavy atom. The molecular formula is C25H23N7O2. The highest BCUT2D eigenvalue weighted by molar-refractivity contribution is 5.82. The predicted octanol–water partition coefficient (Wildman–Crippen LogP) is 2.29. The molecule has 5 rings (SSSR count). The molecule has 0 saturated carbocycles. The van der Waals surface area contributed by atoms with Gasteiger partial charge >= 0.3 is 0 Å². The van der Waals surface area contributed by atoms with Gasteiger partial charge in [0.05, 0.1) is 0 Å². The fourth-order valence-corrected chi connectivity index (χ4v) is 4.33. The molecule has 2 aromatic carbocycles. The molecule has 0 aliphatic carbocycles. The largest absolute Gasteiger partial charge is 0.321 e. The minimum Gasteiger partial charge on any atom is -0.321 e. The molecule has 0 aliphatic rings. The maximum atomic E-state index is 13.1. The van der Waals surface area contributed by atoms with Crippen LogP contribution < -0.4 is 16.5 Å². The van der Waals surface area contributed by atoms with Gasteiger partial charge < -0.3 is 4.98 Å².